The Balaban J connectivity index is 1.42. The van der Waals surface area contributed by atoms with Crippen molar-refractivity contribution < 1.29 is 14.1 Å². The standard InChI is InChI=1S/C17H20N4O3/c22-16(12-6-1-4-11-5-2-8-18-15(11)12)19-10-14-20-17(24-21-14)13-7-3-9-23-13/h1,4,6,13,18H,2-3,5,7-10H2,(H,19,22)/t13-/m0/s1. The maximum Gasteiger partial charge on any atom is 0.255 e. The molecular weight excluding hydrogens is 308 g/mol. The van der Waals surface area contributed by atoms with Crippen LogP contribution in [0.25, 0.3) is 0 Å². The molecule has 0 saturated carbocycles. The number of rotatable bonds is 4. The first kappa shape index (κ1) is 15.1. The molecule has 0 bridgehead atoms. The monoisotopic (exact) mass is 328 g/mol. The van der Waals surface area contributed by atoms with Crippen LogP contribution >= 0.6 is 0 Å². The normalized spacial score (nSPS) is 19.6. The molecule has 1 amide bonds. The van der Waals surface area contributed by atoms with E-state index in [1.54, 1.807) is 0 Å². The number of anilines is 1. The minimum atomic E-state index is -0.135. The van der Waals surface area contributed by atoms with Gasteiger partial charge in [0.1, 0.15) is 6.10 Å². The third-order valence-electron chi connectivity index (χ3n) is 4.42. The number of aromatic nitrogens is 2. The van der Waals surface area contributed by atoms with Crippen LogP contribution in [0.1, 0.15) is 53.0 Å². The fourth-order valence-corrected chi connectivity index (χ4v) is 3.20. The molecule has 2 aliphatic rings. The molecule has 0 unspecified atom stereocenters. The molecule has 1 fully saturated rings. The molecule has 0 aliphatic carbocycles. The summed E-state index contributed by atoms with van der Waals surface area (Å²) in [5, 5.41) is 10.1. The predicted octanol–water partition coefficient (Wildman–Crippen LogP) is 2.21. The number of ether oxygens (including phenoxy) is 1. The van der Waals surface area contributed by atoms with Gasteiger partial charge in [-0.25, -0.2) is 0 Å². The lowest BCUT2D eigenvalue weighted by molar-refractivity contribution is 0.0835. The van der Waals surface area contributed by atoms with Crippen LogP contribution in [0.15, 0.2) is 22.7 Å². The van der Waals surface area contributed by atoms with Crippen LogP contribution in [0.2, 0.25) is 0 Å². The van der Waals surface area contributed by atoms with Gasteiger partial charge in [0.2, 0.25) is 0 Å². The number of carbonyl (C=O) groups is 1. The summed E-state index contributed by atoms with van der Waals surface area (Å²) in [6.07, 6.45) is 3.89. The maximum atomic E-state index is 12.5. The van der Waals surface area contributed by atoms with Gasteiger partial charge >= 0.3 is 0 Å². The molecule has 7 heteroatoms. The third-order valence-corrected chi connectivity index (χ3v) is 4.42. The lowest BCUT2D eigenvalue weighted by Gasteiger charge is -2.20. The lowest BCUT2D eigenvalue weighted by Crippen LogP contribution is -2.26. The van der Waals surface area contributed by atoms with E-state index in [4.69, 9.17) is 9.26 Å². The van der Waals surface area contributed by atoms with E-state index in [1.165, 1.54) is 5.56 Å². The highest BCUT2D eigenvalue weighted by molar-refractivity contribution is 6.00. The summed E-state index contributed by atoms with van der Waals surface area (Å²) < 4.78 is 10.7. The minimum absolute atomic E-state index is 0.104. The van der Waals surface area contributed by atoms with Gasteiger partial charge < -0.3 is 19.9 Å². The van der Waals surface area contributed by atoms with Crippen LogP contribution in [0.4, 0.5) is 5.69 Å². The Labute approximate surface area is 139 Å². The van der Waals surface area contributed by atoms with E-state index in [0.29, 0.717) is 17.3 Å². The van der Waals surface area contributed by atoms with Crippen LogP contribution in [0.5, 0.6) is 0 Å². The number of amides is 1. The van der Waals surface area contributed by atoms with Gasteiger partial charge in [0.05, 0.1) is 17.8 Å². The molecule has 3 heterocycles. The summed E-state index contributed by atoms with van der Waals surface area (Å²) in [5.41, 5.74) is 2.79. The molecule has 7 nitrogen and oxygen atoms in total. The molecule has 1 saturated heterocycles. The zero-order chi connectivity index (χ0) is 16.4. The quantitative estimate of drug-likeness (QED) is 0.894. The molecule has 1 aromatic heterocycles. The van der Waals surface area contributed by atoms with Crippen LogP contribution in [0, 0.1) is 0 Å². The van der Waals surface area contributed by atoms with Crippen molar-refractivity contribution in [1.82, 2.24) is 15.5 Å². The van der Waals surface area contributed by atoms with Crippen LogP contribution in [0.3, 0.4) is 0 Å². The van der Waals surface area contributed by atoms with E-state index in [9.17, 15) is 4.79 Å². The number of hydrogen-bond acceptors (Lipinski definition) is 6. The van der Waals surface area contributed by atoms with Crippen LogP contribution in [-0.2, 0) is 17.7 Å². The van der Waals surface area contributed by atoms with Gasteiger partial charge in [0.15, 0.2) is 5.82 Å². The highest BCUT2D eigenvalue weighted by Crippen LogP contribution is 2.27. The van der Waals surface area contributed by atoms with Crippen molar-refractivity contribution >= 4 is 11.6 Å². The van der Waals surface area contributed by atoms with E-state index in [1.807, 2.05) is 12.1 Å². The highest BCUT2D eigenvalue weighted by Gasteiger charge is 2.24. The van der Waals surface area contributed by atoms with Crippen molar-refractivity contribution in [3.05, 3.63) is 41.0 Å². The number of hydrogen-bond donors (Lipinski definition) is 2. The Morgan fingerprint density at radius 2 is 2.33 bits per heavy atom. The second-order valence-electron chi connectivity index (χ2n) is 6.10. The first-order chi connectivity index (χ1) is 11.8. The van der Waals surface area contributed by atoms with E-state index in [-0.39, 0.29) is 18.6 Å². The first-order valence-electron chi connectivity index (χ1n) is 8.39. The zero-order valence-electron chi connectivity index (χ0n) is 13.4. The van der Waals surface area contributed by atoms with Gasteiger partial charge in [0, 0.05) is 13.2 Å². The fourth-order valence-electron chi connectivity index (χ4n) is 3.20. The van der Waals surface area contributed by atoms with Gasteiger partial charge in [-0.1, -0.05) is 17.3 Å². The molecule has 0 spiro atoms. The largest absolute Gasteiger partial charge is 0.384 e. The summed E-state index contributed by atoms with van der Waals surface area (Å²) in [6, 6.07) is 5.82. The van der Waals surface area contributed by atoms with Crippen molar-refractivity contribution in [3.8, 4) is 0 Å². The molecule has 126 valence electrons. The van der Waals surface area contributed by atoms with Crippen molar-refractivity contribution in [3.63, 3.8) is 0 Å². The highest BCUT2D eigenvalue weighted by atomic mass is 16.5. The number of benzene rings is 1. The summed E-state index contributed by atoms with van der Waals surface area (Å²) in [6.45, 7) is 1.86. The first-order valence-corrected chi connectivity index (χ1v) is 8.39. The SMILES string of the molecule is O=C(NCc1noc([C@@H]2CCCO2)n1)c1cccc2c1NCCC2. The maximum absolute atomic E-state index is 12.5. The lowest BCUT2D eigenvalue weighted by atomic mass is 9.99. The van der Waals surface area contributed by atoms with Gasteiger partial charge in [0.25, 0.3) is 11.8 Å². The van der Waals surface area contributed by atoms with Crippen molar-refractivity contribution in [1.29, 1.82) is 0 Å². The van der Waals surface area contributed by atoms with Crippen LogP contribution in [-0.4, -0.2) is 29.2 Å². The van der Waals surface area contributed by atoms with Gasteiger partial charge in [-0.15, -0.1) is 0 Å². The Hall–Kier alpha value is -2.41. The van der Waals surface area contributed by atoms with Gasteiger partial charge in [-0.3, -0.25) is 4.79 Å². The minimum Gasteiger partial charge on any atom is -0.384 e. The molecule has 4 rings (SSSR count). The summed E-state index contributed by atoms with van der Waals surface area (Å²) in [5.74, 6) is 0.826. The number of nitrogens with one attached hydrogen (secondary N) is 2. The molecule has 1 atom stereocenters. The average molecular weight is 328 g/mol. The van der Waals surface area contributed by atoms with Crippen molar-refractivity contribution in [2.75, 3.05) is 18.5 Å². The van der Waals surface area contributed by atoms with Gasteiger partial charge in [-0.05, 0) is 37.3 Å². The van der Waals surface area contributed by atoms with E-state index in [0.717, 1.165) is 44.5 Å². The van der Waals surface area contributed by atoms with Gasteiger partial charge in [-0.2, -0.15) is 4.98 Å². The fraction of sp³-hybridized carbons (Fsp3) is 0.471. The number of fused-ring (bicyclic) bond motifs is 1. The van der Waals surface area contributed by atoms with E-state index >= 15 is 0 Å². The van der Waals surface area contributed by atoms with Crippen molar-refractivity contribution in [2.24, 2.45) is 0 Å². The molecule has 0 radical (unpaired) electrons. The Kier molecular flexibility index (Phi) is 4.17. The average Bonchev–Trinajstić information content (AvgIpc) is 3.30. The molecule has 1 aromatic carbocycles. The topological polar surface area (TPSA) is 89.3 Å². The third kappa shape index (κ3) is 2.99. The number of carbonyl (C=O) groups excluding carboxylic acids is 1. The Morgan fingerprint density at radius 1 is 1.38 bits per heavy atom. The molecule has 24 heavy (non-hydrogen) atoms. The second kappa shape index (κ2) is 6.60. The smallest absolute Gasteiger partial charge is 0.255 e. The van der Waals surface area contributed by atoms with E-state index in [2.05, 4.69) is 26.8 Å². The van der Waals surface area contributed by atoms with E-state index < -0.39 is 0 Å². The van der Waals surface area contributed by atoms with Crippen molar-refractivity contribution in [2.45, 2.75) is 38.3 Å². The molecule has 2 aromatic rings. The molecular formula is C17H20N4O3. The summed E-state index contributed by atoms with van der Waals surface area (Å²) in [7, 11) is 0. The summed E-state index contributed by atoms with van der Waals surface area (Å²) >= 11 is 0. The number of aryl methyl sites for hydroxylation is 1. The zero-order valence-corrected chi connectivity index (χ0v) is 13.4. The predicted molar refractivity (Wildman–Crippen MR) is 86.6 cm³/mol. The number of nitrogens with zero attached hydrogens (tertiary/aromatic N) is 2. The second-order valence-corrected chi connectivity index (χ2v) is 6.10. The summed E-state index contributed by atoms with van der Waals surface area (Å²) in [4.78, 5) is 16.8. The number of para-hydroxylation sites is 1. The van der Waals surface area contributed by atoms with Crippen LogP contribution < -0.4 is 10.6 Å². The Bertz CT molecular complexity index is 737. The molecule has 2 aliphatic heterocycles. The molecule has 2 N–H and O–H groups in total. The Morgan fingerprint density at radius 3 is 3.21 bits per heavy atom.